The van der Waals surface area contributed by atoms with E-state index in [0.29, 0.717) is 11.0 Å². The van der Waals surface area contributed by atoms with Gasteiger partial charge in [-0.3, -0.25) is 4.79 Å². The number of nitrogens with one attached hydrogen (secondary N) is 2. The quantitative estimate of drug-likeness (QED) is 0.703. The summed E-state index contributed by atoms with van der Waals surface area (Å²) >= 11 is 1.35. The zero-order chi connectivity index (χ0) is 19.7. The zero-order valence-corrected chi connectivity index (χ0v) is 16.3. The summed E-state index contributed by atoms with van der Waals surface area (Å²) in [5, 5.41) is 11.4. The number of nitrogens with zero attached hydrogens (tertiary/aromatic N) is 3. The van der Waals surface area contributed by atoms with Gasteiger partial charge in [0.15, 0.2) is 0 Å². The van der Waals surface area contributed by atoms with Gasteiger partial charge in [0.2, 0.25) is 11.1 Å². The van der Waals surface area contributed by atoms with Gasteiger partial charge in [-0.25, -0.2) is 9.07 Å². The predicted molar refractivity (Wildman–Crippen MR) is 107 cm³/mol. The number of carbonyl (C=O) groups is 1. The minimum atomic E-state index is -0.494. The van der Waals surface area contributed by atoms with Crippen molar-refractivity contribution in [1.82, 2.24) is 14.9 Å². The molecule has 0 aliphatic carbocycles. The van der Waals surface area contributed by atoms with Crippen LogP contribution in [-0.4, -0.2) is 26.0 Å². The van der Waals surface area contributed by atoms with Gasteiger partial charge in [0.05, 0.1) is 6.04 Å². The van der Waals surface area contributed by atoms with E-state index in [0.717, 1.165) is 23.2 Å². The molecule has 8 heteroatoms. The van der Waals surface area contributed by atoms with Crippen LogP contribution in [0, 0.1) is 12.7 Å². The van der Waals surface area contributed by atoms with E-state index in [1.807, 2.05) is 31.2 Å². The second kappa shape index (κ2) is 7.63. The van der Waals surface area contributed by atoms with Gasteiger partial charge < -0.3 is 10.7 Å². The highest BCUT2D eigenvalue weighted by Crippen LogP contribution is 2.37. The number of rotatable bonds is 4. The fourth-order valence-electron chi connectivity index (χ4n) is 3.24. The largest absolute Gasteiger partial charge is 0.325 e. The van der Waals surface area contributed by atoms with Gasteiger partial charge in [-0.1, -0.05) is 49.0 Å². The number of aromatic nitrogens is 3. The summed E-state index contributed by atoms with van der Waals surface area (Å²) in [5.74, 6) is 0.246. The molecule has 2 N–H and O–H groups in total. The van der Waals surface area contributed by atoms with Crippen molar-refractivity contribution in [3.63, 3.8) is 0 Å². The van der Waals surface area contributed by atoms with Crippen LogP contribution in [0.3, 0.4) is 0 Å². The summed E-state index contributed by atoms with van der Waals surface area (Å²) in [7, 11) is 0. The van der Waals surface area contributed by atoms with E-state index >= 15 is 0 Å². The van der Waals surface area contributed by atoms with Gasteiger partial charge >= 0.3 is 0 Å². The Bertz CT molecular complexity index is 1000. The van der Waals surface area contributed by atoms with E-state index in [2.05, 4.69) is 27.9 Å². The molecule has 0 unspecified atom stereocenters. The number of aryl methyl sites for hydroxylation is 2. The second-order valence-corrected chi connectivity index (χ2v) is 7.67. The number of carbonyl (C=O) groups excluding carboxylic acids is 1. The van der Waals surface area contributed by atoms with E-state index < -0.39 is 5.25 Å². The molecular weight excluding hydrogens is 377 g/mol. The van der Waals surface area contributed by atoms with Crippen LogP contribution in [0.25, 0.3) is 0 Å². The van der Waals surface area contributed by atoms with Crippen molar-refractivity contribution in [3.05, 3.63) is 71.3 Å². The molecule has 0 saturated heterocycles. The summed E-state index contributed by atoms with van der Waals surface area (Å²) in [4.78, 5) is 13.2. The monoisotopic (exact) mass is 397 g/mol. The molecule has 3 aromatic rings. The van der Waals surface area contributed by atoms with E-state index in [4.69, 9.17) is 0 Å². The topological polar surface area (TPSA) is 71.8 Å². The summed E-state index contributed by atoms with van der Waals surface area (Å²) in [6.45, 7) is 3.89. The minimum Gasteiger partial charge on any atom is -0.325 e. The zero-order valence-electron chi connectivity index (χ0n) is 15.5. The van der Waals surface area contributed by atoms with Crippen molar-refractivity contribution in [2.24, 2.45) is 0 Å². The number of halogens is 1. The molecule has 144 valence electrons. The third-order valence-corrected chi connectivity index (χ3v) is 5.96. The van der Waals surface area contributed by atoms with Gasteiger partial charge in [0.25, 0.3) is 0 Å². The molecular formula is C20H20FN5OS. The maximum absolute atomic E-state index is 13.4. The Morgan fingerprint density at radius 1 is 1.21 bits per heavy atom. The molecule has 4 rings (SSSR count). The fraction of sp³-hybridized carbons (Fsp3) is 0.250. The van der Waals surface area contributed by atoms with Crippen molar-refractivity contribution in [1.29, 1.82) is 0 Å². The average molecular weight is 397 g/mol. The van der Waals surface area contributed by atoms with E-state index in [9.17, 15) is 9.18 Å². The van der Waals surface area contributed by atoms with Crippen LogP contribution in [0.4, 0.5) is 10.1 Å². The van der Waals surface area contributed by atoms with Crippen LogP contribution in [0.5, 0.6) is 0 Å². The Morgan fingerprint density at radius 3 is 2.71 bits per heavy atom. The van der Waals surface area contributed by atoms with E-state index in [-0.39, 0.29) is 17.8 Å². The number of amides is 1. The molecule has 2 aromatic carbocycles. The van der Waals surface area contributed by atoms with Gasteiger partial charge in [0.1, 0.15) is 16.9 Å². The van der Waals surface area contributed by atoms with Crippen molar-refractivity contribution in [2.75, 3.05) is 10.7 Å². The Hall–Kier alpha value is -2.87. The van der Waals surface area contributed by atoms with Crippen molar-refractivity contribution in [2.45, 2.75) is 36.7 Å². The highest BCUT2D eigenvalue weighted by Gasteiger charge is 2.37. The molecule has 1 aromatic heterocycles. The van der Waals surface area contributed by atoms with Crippen molar-refractivity contribution >= 4 is 23.4 Å². The normalized spacial score (nSPS) is 18.2. The summed E-state index contributed by atoms with van der Waals surface area (Å²) < 4.78 is 15.2. The van der Waals surface area contributed by atoms with Crippen LogP contribution in [0.15, 0.2) is 53.7 Å². The first-order valence-electron chi connectivity index (χ1n) is 9.06. The molecule has 1 aliphatic rings. The number of hydrogen-bond donors (Lipinski definition) is 2. The Morgan fingerprint density at radius 2 is 1.96 bits per heavy atom. The van der Waals surface area contributed by atoms with Gasteiger partial charge in [0, 0.05) is 5.69 Å². The van der Waals surface area contributed by atoms with Crippen molar-refractivity contribution < 1.29 is 9.18 Å². The Balaban J connectivity index is 1.67. The lowest BCUT2D eigenvalue weighted by atomic mass is 10.0. The summed E-state index contributed by atoms with van der Waals surface area (Å²) in [6, 6.07) is 13.6. The molecule has 1 amide bonds. The second-order valence-electron chi connectivity index (χ2n) is 6.56. The maximum Gasteiger partial charge on any atom is 0.240 e. The lowest BCUT2D eigenvalue weighted by Crippen LogP contribution is -2.41. The minimum absolute atomic E-state index is 0.139. The third kappa shape index (κ3) is 3.47. The average Bonchev–Trinajstić information content (AvgIpc) is 3.08. The molecule has 0 radical (unpaired) electrons. The summed E-state index contributed by atoms with van der Waals surface area (Å²) in [6.07, 6.45) is 0.821. The van der Waals surface area contributed by atoms with Crippen molar-refractivity contribution in [3.8, 4) is 0 Å². The molecule has 0 saturated carbocycles. The van der Waals surface area contributed by atoms with Gasteiger partial charge in [-0.05, 0) is 42.7 Å². The predicted octanol–water partition coefficient (Wildman–Crippen LogP) is 3.69. The lowest BCUT2D eigenvalue weighted by molar-refractivity contribution is -0.116. The molecule has 0 bridgehead atoms. The van der Waals surface area contributed by atoms with Gasteiger partial charge in [-0.2, -0.15) is 0 Å². The molecule has 6 nitrogen and oxygen atoms in total. The molecule has 0 spiro atoms. The standard InChI is InChI=1S/C20H20FN5OS/c1-3-13-6-4-5-7-16(13)22-19(27)18-17(14-8-10-15(21)11-9-14)25-26-12(2)23-24-20(26)28-18/h4-11,17-18,25H,3H2,1-2H3,(H,22,27)/t17-,18+/m1/s1. The van der Waals surface area contributed by atoms with E-state index in [1.54, 1.807) is 16.8 Å². The molecule has 28 heavy (non-hydrogen) atoms. The number of thioether (sulfide) groups is 1. The Labute approximate surface area is 166 Å². The first-order valence-corrected chi connectivity index (χ1v) is 9.94. The van der Waals surface area contributed by atoms with Crippen LogP contribution in [0.2, 0.25) is 0 Å². The molecule has 2 heterocycles. The van der Waals surface area contributed by atoms with Crippen LogP contribution in [-0.2, 0) is 11.2 Å². The molecule has 2 atom stereocenters. The molecule has 0 fully saturated rings. The Kier molecular flexibility index (Phi) is 5.04. The highest BCUT2D eigenvalue weighted by molar-refractivity contribution is 8.00. The third-order valence-electron chi connectivity index (χ3n) is 4.74. The van der Waals surface area contributed by atoms with Gasteiger partial charge in [-0.15, -0.1) is 10.2 Å². The number of para-hydroxylation sites is 1. The number of hydrogen-bond acceptors (Lipinski definition) is 5. The SMILES string of the molecule is CCc1ccccc1NC(=O)[C@H]1Sc2nnc(C)n2N[C@@H]1c1ccc(F)cc1. The fourth-order valence-corrected chi connectivity index (χ4v) is 4.36. The van der Waals surface area contributed by atoms with Crippen LogP contribution < -0.4 is 10.7 Å². The lowest BCUT2D eigenvalue weighted by Gasteiger charge is -2.32. The smallest absolute Gasteiger partial charge is 0.240 e. The first kappa shape index (κ1) is 18.5. The first-order chi connectivity index (χ1) is 13.6. The van der Waals surface area contributed by atoms with Crippen LogP contribution in [0.1, 0.15) is 29.9 Å². The van der Waals surface area contributed by atoms with Crippen LogP contribution >= 0.6 is 11.8 Å². The highest BCUT2D eigenvalue weighted by atomic mass is 32.2. The maximum atomic E-state index is 13.4. The van der Waals surface area contributed by atoms with E-state index in [1.165, 1.54) is 23.9 Å². The number of fused-ring (bicyclic) bond motifs is 1. The number of benzene rings is 2. The summed E-state index contributed by atoms with van der Waals surface area (Å²) in [5.41, 5.74) is 6.00. The number of anilines is 1. The molecule has 1 aliphatic heterocycles.